The molecule has 1 aromatic heterocycles. The summed E-state index contributed by atoms with van der Waals surface area (Å²) in [7, 11) is 0. The molecule has 2 heteroatoms. The second-order valence-corrected chi connectivity index (χ2v) is 12.2. The topological polar surface area (TPSA) is 25.2 Å². The van der Waals surface area contributed by atoms with Crippen LogP contribution in [0.15, 0.2) is 120 Å². The number of aryl methyl sites for hydroxylation is 3. The van der Waals surface area contributed by atoms with E-state index in [1.54, 1.807) is 0 Å². The second-order valence-electron chi connectivity index (χ2n) is 12.2. The number of hydrogen-bond acceptors (Lipinski definition) is 2. The van der Waals surface area contributed by atoms with Crippen LogP contribution in [-0.2, 0) is 5.41 Å². The van der Waals surface area contributed by atoms with E-state index in [0.29, 0.717) is 0 Å². The van der Waals surface area contributed by atoms with Crippen LogP contribution in [0.25, 0.3) is 22.3 Å². The smallest absolute Gasteiger partial charge is 0.0962 e. The fourth-order valence-corrected chi connectivity index (χ4v) is 6.43. The van der Waals surface area contributed by atoms with Gasteiger partial charge in [0.25, 0.3) is 0 Å². The van der Waals surface area contributed by atoms with Crippen LogP contribution in [0.3, 0.4) is 0 Å². The van der Waals surface area contributed by atoms with Gasteiger partial charge in [0.15, 0.2) is 0 Å². The first-order valence-electron chi connectivity index (χ1n) is 14.7. The number of benzene rings is 4. The molecule has 5 aromatic rings. The molecule has 2 nitrogen and oxygen atoms in total. The van der Waals surface area contributed by atoms with Crippen LogP contribution in [0.5, 0.6) is 0 Å². The van der Waals surface area contributed by atoms with Crippen LogP contribution >= 0.6 is 0 Å². The van der Waals surface area contributed by atoms with E-state index >= 15 is 0 Å². The van der Waals surface area contributed by atoms with E-state index < -0.39 is 0 Å². The predicted octanol–water partition coefficient (Wildman–Crippen LogP) is 10.1. The Bertz CT molecular complexity index is 1850. The van der Waals surface area contributed by atoms with Crippen molar-refractivity contribution in [2.24, 2.45) is 4.99 Å². The van der Waals surface area contributed by atoms with Crippen LogP contribution in [-0.4, -0.2) is 10.7 Å². The van der Waals surface area contributed by atoms with Gasteiger partial charge in [0, 0.05) is 33.5 Å². The number of rotatable bonds is 6. The highest BCUT2D eigenvalue weighted by Gasteiger charge is 2.35. The molecule has 0 saturated carbocycles. The first kappa shape index (κ1) is 27.6. The number of fused-ring (bicyclic) bond motifs is 3. The molecule has 1 aliphatic rings. The van der Waals surface area contributed by atoms with E-state index in [2.05, 4.69) is 149 Å². The fourth-order valence-electron chi connectivity index (χ4n) is 6.43. The number of pyridine rings is 1. The summed E-state index contributed by atoms with van der Waals surface area (Å²) in [6, 6.07) is 37.0. The molecule has 1 atom stereocenters. The van der Waals surface area contributed by atoms with E-state index in [-0.39, 0.29) is 11.5 Å². The average Bonchev–Trinajstić information content (AvgIpc) is 3.20. The lowest BCUT2D eigenvalue weighted by atomic mass is 9.81. The molecule has 0 fully saturated rings. The normalized spacial score (nSPS) is 14.3. The summed E-state index contributed by atoms with van der Waals surface area (Å²) in [5, 5.41) is 0. The lowest BCUT2D eigenvalue weighted by molar-refractivity contribution is 0.658. The molecule has 0 spiro atoms. The molecule has 1 heterocycles. The number of aromatic nitrogens is 1. The SMILES string of the molecule is C=C(C)C(/N=C(/c1ccc(-c2ccc(C)nc2C)cc1)c1ccccc1C)c1ccc2c(c1)C(C)(C)c1ccccc1-2. The maximum absolute atomic E-state index is 5.51. The summed E-state index contributed by atoms with van der Waals surface area (Å²) in [5.41, 5.74) is 16.3. The Morgan fingerprint density at radius 1 is 0.738 bits per heavy atom. The van der Waals surface area contributed by atoms with E-state index in [1.165, 1.54) is 33.4 Å². The molecule has 42 heavy (non-hydrogen) atoms. The van der Waals surface area contributed by atoms with Crippen molar-refractivity contribution in [2.45, 2.75) is 53.0 Å². The van der Waals surface area contributed by atoms with E-state index in [1.807, 2.05) is 6.92 Å². The van der Waals surface area contributed by atoms with Gasteiger partial charge >= 0.3 is 0 Å². The minimum Gasteiger partial charge on any atom is -0.272 e. The van der Waals surface area contributed by atoms with Gasteiger partial charge in [-0.05, 0) is 72.7 Å². The molecular weight excluding hydrogens is 508 g/mol. The van der Waals surface area contributed by atoms with Crippen molar-refractivity contribution in [3.8, 4) is 22.3 Å². The largest absolute Gasteiger partial charge is 0.272 e. The number of hydrogen-bond donors (Lipinski definition) is 0. The lowest BCUT2D eigenvalue weighted by Crippen LogP contribution is -2.15. The summed E-state index contributed by atoms with van der Waals surface area (Å²) in [6.45, 7) is 17.4. The van der Waals surface area contributed by atoms with Gasteiger partial charge in [-0.15, -0.1) is 0 Å². The highest BCUT2D eigenvalue weighted by Crippen LogP contribution is 2.49. The standard InChI is InChI=1S/C40H38N2/c1-25(2)38(31-21-23-35-34-14-10-11-15-36(34)40(6,7)37(35)24-31)42-39(32-13-9-8-12-26(32)3)30-19-17-29(18-20-30)33-22-16-27(4)41-28(33)5/h8-24,38H,1H2,2-7H3/b42-39-. The van der Waals surface area contributed by atoms with Crippen molar-refractivity contribution in [3.05, 3.63) is 160 Å². The molecule has 1 unspecified atom stereocenters. The van der Waals surface area contributed by atoms with E-state index in [0.717, 1.165) is 44.9 Å². The molecule has 0 aliphatic heterocycles. The molecule has 1 aliphatic carbocycles. The maximum atomic E-state index is 5.51. The molecule has 6 rings (SSSR count). The zero-order valence-corrected chi connectivity index (χ0v) is 25.5. The molecule has 4 aromatic carbocycles. The van der Waals surface area contributed by atoms with Gasteiger partial charge in [0.1, 0.15) is 0 Å². The highest BCUT2D eigenvalue weighted by atomic mass is 14.8. The first-order chi connectivity index (χ1) is 20.1. The van der Waals surface area contributed by atoms with Crippen LogP contribution in [0.2, 0.25) is 0 Å². The van der Waals surface area contributed by atoms with Crippen molar-refractivity contribution in [1.29, 1.82) is 0 Å². The van der Waals surface area contributed by atoms with Crippen LogP contribution < -0.4 is 0 Å². The molecule has 0 bridgehead atoms. The Hall–Kier alpha value is -4.56. The summed E-state index contributed by atoms with van der Waals surface area (Å²) in [5.74, 6) is 0. The van der Waals surface area contributed by atoms with Crippen molar-refractivity contribution in [1.82, 2.24) is 4.98 Å². The molecule has 0 N–H and O–H groups in total. The van der Waals surface area contributed by atoms with Gasteiger partial charge in [-0.2, -0.15) is 0 Å². The molecular formula is C40H38N2. The Labute approximate surface area is 250 Å². The Balaban J connectivity index is 1.47. The van der Waals surface area contributed by atoms with Crippen LogP contribution in [0.1, 0.15) is 71.6 Å². The monoisotopic (exact) mass is 546 g/mol. The zero-order valence-electron chi connectivity index (χ0n) is 25.5. The van der Waals surface area contributed by atoms with Gasteiger partial charge in [-0.25, -0.2) is 0 Å². The van der Waals surface area contributed by atoms with E-state index in [4.69, 9.17) is 4.99 Å². The number of aliphatic imine (C=N–C) groups is 1. The van der Waals surface area contributed by atoms with Crippen molar-refractivity contribution in [2.75, 3.05) is 0 Å². The Kier molecular flexibility index (Phi) is 7.02. The average molecular weight is 547 g/mol. The molecule has 0 amide bonds. The summed E-state index contributed by atoms with van der Waals surface area (Å²) in [6.07, 6.45) is 0. The third-order valence-corrected chi connectivity index (χ3v) is 8.74. The summed E-state index contributed by atoms with van der Waals surface area (Å²) in [4.78, 5) is 10.2. The van der Waals surface area contributed by atoms with Gasteiger partial charge in [-0.1, -0.05) is 123 Å². The van der Waals surface area contributed by atoms with Crippen molar-refractivity contribution < 1.29 is 0 Å². The Morgan fingerprint density at radius 2 is 1.40 bits per heavy atom. The quantitative estimate of drug-likeness (QED) is 0.154. The first-order valence-corrected chi connectivity index (χ1v) is 14.7. The second kappa shape index (κ2) is 10.7. The zero-order chi connectivity index (χ0) is 29.6. The van der Waals surface area contributed by atoms with Gasteiger partial charge < -0.3 is 0 Å². The minimum absolute atomic E-state index is 0.0665. The summed E-state index contributed by atoms with van der Waals surface area (Å²) >= 11 is 0. The highest BCUT2D eigenvalue weighted by molar-refractivity contribution is 6.14. The molecule has 0 saturated heterocycles. The molecule has 208 valence electrons. The minimum atomic E-state index is -0.173. The maximum Gasteiger partial charge on any atom is 0.0962 e. The predicted molar refractivity (Wildman–Crippen MR) is 178 cm³/mol. The number of nitrogens with zero attached hydrogens (tertiary/aromatic N) is 2. The van der Waals surface area contributed by atoms with Crippen LogP contribution in [0.4, 0.5) is 0 Å². The summed E-state index contributed by atoms with van der Waals surface area (Å²) < 4.78 is 0. The molecule has 0 radical (unpaired) electrons. The van der Waals surface area contributed by atoms with Gasteiger partial charge in [0.05, 0.1) is 11.8 Å². The van der Waals surface area contributed by atoms with Crippen LogP contribution in [0, 0.1) is 20.8 Å². The van der Waals surface area contributed by atoms with Gasteiger partial charge in [0.2, 0.25) is 0 Å². The third kappa shape index (κ3) is 4.81. The van der Waals surface area contributed by atoms with Crippen molar-refractivity contribution >= 4 is 5.71 Å². The van der Waals surface area contributed by atoms with Crippen molar-refractivity contribution in [3.63, 3.8) is 0 Å². The fraction of sp³-hybridized carbons (Fsp3) is 0.200. The third-order valence-electron chi connectivity index (χ3n) is 8.74. The Morgan fingerprint density at radius 3 is 2.12 bits per heavy atom. The lowest BCUT2D eigenvalue weighted by Gasteiger charge is -2.23. The van der Waals surface area contributed by atoms with E-state index in [9.17, 15) is 0 Å². The van der Waals surface area contributed by atoms with Gasteiger partial charge in [-0.3, -0.25) is 9.98 Å².